The highest BCUT2D eigenvalue weighted by Crippen LogP contribution is 2.18. The minimum absolute atomic E-state index is 0.113. The van der Waals surface area contributed by atoms with E-state index in [0.29, 0.717) is 11.1 Å². The fraction of sp³-hybridized carbons (Fsp3) is 0.316. The van der Waals surface area contributed by atoms with E-state index in [0.717, 1.165) is 0 Å². The zero-order valence-electron chi connectivity index (χ0n) is 15.5. The number of rotatable bonds is 6. The number of methoxy groups -OCH3 is 1. The highest BCUT2D eigenvalue weighted by Gasteiger charge is 2.19. The third kappa shape index (κ3) is 4.93. The monoisotopic (exact) mass is 377 g/mol. The number of hydrogen-bond donors (Lipinski definition) is 0. The summed E-state index contributed by atoms with van der Waals surface area (Å²) in [7, 11) is 2.87. The van der Waals surface area contributed by atoms with Gasteiger partial charge in [-0.2, -0.15) is 0 Å². The van der Waals surface area contributed by atoms with Crippen LogP contribution in [0, 0.1) is 19.7 Å². The Morgan fingerprint density at radius 1 is 1.22 bits per heavy atom. The molecule has 1 aromatic heterocycles. The van der Waals surface area contributed by atoms with Crippen LogP contribution < -0.4 is 10.4 Å². The summed E-state index contributed by atoms with van der Waals surface area (Å²) in [6.45, 7) is 2.69. The summed E-state index contributed by atoms with van der Waals surface area (Å²) < 4.78 is 28.5. The first kappa shape index (κ1) is 20.2. The van der Waals surface area contributed by atoms with Crippen LogP contribution in [0.1, 0.15) is 27.2 Å². The summed E-state index contributed by atoms with van der Waals surface area (Å²) in [5.74, 6) is -1.52. The van der Waals surface area contributed by atoms with Gasteiger partial charge in [-0.05, 0) is 37.1 Å². The molecule has 144 valence electrons. The number of esters is 1. The fourth-order valence-corrected chi connectivity index (χ4v) is 2.54. The number of ether oxygens (including phenoxy) is 2. The molecule has 0 aliphatic rings. The number of nitrogens with zero attached hydrogens (tertiary/aromatic N) is 1. The zero-order chi connectivity index (χ0) is 20.1. The number of hydrogen-bond acceptors (Lipinski definition) is 6. The molecule has 1 heterocycles. The second kappa shape index (κ2) is 8.48. The van der Waals surface area contributed by atoms with Gasteiger partial charge in [0.15, 0.2) is 18.2 Å². The molecule has 0 spiro atoms. The lowest BCUT2D eigenvalue weighted by molar-refractivity contribution is -0.133. The van der Waals surface area contributed by atoms with Crippen LogP contribution in [0.15, 0.2) is 33.5 Å². The van der Waals surface area contributed by atoms with Gasteiger partial charge < -0.3 is 18.8 Å². The summed E-state index contributed by atoms with van der Waals surface area (Å²) in [5.41, 5.74) is 0.515. The molecule has 0 aliphatic heterocycles. The Balaban J connectivity index is 1.98. The van der Waals surface area contributed by atoms with Crippen molar-refractivity contribution in [1.29, 1.82) is 0 Å². The average Bonchev–Trinajstić information content (AvgIpc) is 2.58. The molecule has 0 saturated heterocycles. The average molecular weight is 377 g/mol. The van der Waals surface area contributed by atoms with Crippen LogP contribution in [-0.4, -0.2) is 37.5 Å². The van der Waals surface area contributed by atoms with Gasteiger partial charge in [-0.25, -0.2) is 14.0 Å². The number of benzene rings is 1. The number of carbonyl (C=O) groups is 2. The Bertz CT molecular complexity index is 895. The van der Waals surface area contributed by atoms with Crippen LogP contribution in [0.2, 0.25) is 0 Å². The molecule has 0 fully saturated rings. The predicted octanol–water partition coefficient (Wildman–Crippen LogP) is 2.22. The second-order valence-corrected chi connectivity index (χ2v) is 5.97. The Kier molecular flexibility index (Phi) is 6.33. The van der Waals surface area contributed by atoms with E-state index in [1.54, 1.807) is 13.0 Å². The smallest absolute Gasteiger partial charge is 0.342 e. The van der Waals surface area contributed by atoms with Crippen molar-refractivity contribution in [1.82, 2.24) is 4.90 Å². The van der Waals surface area contributed by atoms with Crippen LogP contribution in [0.25, 0.3) is 0 Å². The maximum atomic E-state index is 13.7. The van der Waals surface area contributed by atoms with Gasteiger partial charge in [-0.15, -0.1) is 0 Å². The lowest BCUT2D eigenvalue weighted by atomic mass is 10.1. The maximum absolute atomic E-state index is 13.7. The lowest BCUT2D eigenvalue weighted by Crippen LogP contribution is -2.31. The van der Waals surface area contributed by atoms with Crippen molar-refractivity contribution in [2.75, 3.05) is 20.8 Å². The molecule has 2 rings (SSSR count). The predicted molar refractivity (Wildman–Crippen MR) is 94.2 cm³/mol. The molecular weight excluding hydrogens is 357 g/mol. The molecule has 0 N–H and O–H groups in total. The molecule has 8 heteroatoms. The van der Waals surface area contributed by atoms with Crippen molar-refractivity contribution in [3.8, 4) is 5.75 Å². The molecular formula is C19H20FNO6. The summed E-state index contributed by atoms with van der Waals surface area (Å²) in [5, 5.41) is 0. The van der Waals surface area contributed by atoms with E-state index in [1.807, 2.05) is 0 Å². The minimum Gasteiger partial charge on any atom is -0.494 e. The summed E-state index contributed by atoms with van der Waals surface area (Å²) in [6, 6.07) is 5.55. The van der Waals surface area contributed by atoms with E-state index in [9.17, 15) is 18.8 Å². The van der Waals surface area contributed by atoms with Crippen LogP contribution in [0.3, 0.4) is 0 Å². The van der Waals surface area contributed by atoms with E-state index >= 15 is 0 Å². The molecule has 0 radical (unpaired) electrons. The van der Waals surface area contributed by atoms with Gasteiger partial charge in [0.2, 0.25) is 0 Å². The fourth-order valence-electron chi connectivity index (χ4n) is 2.54. The molecule has 0 aliphatic carbocycles. The Hall–Kier alpha value is -3.16. The van der Waals surface area contributed by atoms with Crippen molar-refractivity contribution >= 4 is 11.9 Å². The zero-order valence-corrected chi connectivity index (χ0v) is 15.5. The van der Waals surface area contributed by atoms with E-state index in [4.69, 9.17) is 13.9 Å². The first-order valence-electron chi connectivity index (χ1n) is 8.07. The van der Waals surface area contributed by atoms with Gasteiger partial charge in [-0.1, -0.05) is 6.07 Å². The number of aryl methyl sites for hydroxylation is 2. The normalized spacial score (nSPS) is 10.4. The first-order chi connectivity index (χ1) is 12.7. The van der Waals surface area contributed by atoms with Crippen molar-refractivity contribution in [3.63, 3.8) is 0 Å². The molecule has 1 amide bonds. The third-order valence-corrected chi connectivity index (χ3v) is 3.93. The molecule has 0 bridgehead atoms. The van der Waals surface area contributed by atoms with Crippen molar-refractivity contribution in [2.45, 2.75) is 20.4 Å². The number of amides is 1. The van der Waals surface area contributed by atoms with Gasteiger partial charge in [0, 0.05) is 19.7 Å². The van der Waals surface area contributed by atoms with E-state index in [2.05, 4.69) is 0 Å². The quantitative estimate of drug-likeness (QED) is 0.718. The molecule has 0 unspecified atom stereocenters. The molecule has 27 heavy (non-hydrogen) atoms. The van der Waals surface area contributed by atoms with Crippen LogP contribution in [0.5, 0.6) is 5.75 Å². The SMILES string of the molecule is COc1ccc(CN(C)C(=O)COC(=O)c2c(C)cc(=O)oc2C)cc1F. The summed E-state index contributed by atoms with van der Waals surface area (Å²) in [4.78, 5) is 36.9. The highest BCUT2D eigenvalue weighted by molar-refractivity contribution is 5.93. The van der Waals surface area contributed by atoms with Crippen molar-refractivity contribution in [2.24, 2.45) is 0 Å². The second-order valence-electron chi connectivity index (χ2n) is 5.97. The maximum Gasteiger partial charge on any atom is 0.342 e. The van der Waals surface area contributed by atoms with Gasteiger partial charge in [0.05, 0.1) is 7.11 Å². The van der Waals surface area contributed by atoms with Crippen LogP contribution in [-0.2, 0) is 16.1 Å². The molecule has 1 aromatic carbocycles. The van der Waals surface area contributed by atoms with Gasteiger partial charge in [0.25, 0.3) is 5.91 Å². The topological polar surface area (TPSA) is 86.0 Å². The highest BCUT2D eigenvalue weighted by atomic mass is 19.1. The standard InChI is InChI=1S/C19H20FNO6/c1-11-7-17(23)27-12(2)18(11)19(24)26-10-16(22)21(3)9-13-5-6-15(25-4)14(20)8-13/h5-8H,9-10H2,1-4H3. The van der Waals surface area contributed by atoms with E-state index < -0.39 is 29.9 Å². The largest absolute Gasteiger partial charge is 0.494 e. The molecule has 0 saturated carbocycles. The Labute approximate surface area is 155 Å². The molecule has 0 atom stereocenters. The first-order valence-corrected chi connectivity index (χ1v) is 8.07. The molecule has 2 aromatic rings. The van der Waals surface area contributed by atoms with E-state index in [-0.39, 0.29) is 23.6 Å². The number of halogens is 1. The van der Waals surface area contributed by atoms with Crippen LogP contribution in [0.4, 0.5) is 4.39 Å². The number of carbonyl (C=O) groups excluding carboxylic acids is 2. The minimum atomic E-state index is -0.758. The van der Waals surface area contributed by atoms with Gasteiger partial charge in [0.1, 0.15) is 11.3 Å². The Morgan fingerprint density at radius 2 is 1.93 bits per heavy atom. The molecule has 7 nitrogen and oxygen atoms in total. The van der Waals surface area contributed by atoms with E-state index in [1.165, 1.54) is 44.2 Å². The summed E-state index contributed by atoms with van der Waals surface area (Å²) in [6.07, 6.45) is 0. The van der Waals surface area contributed by atoms with Crippen molar-refractivity contribution in [3.05, 3.63) is 63.0 Å². The Morgan fingerprint density at radius 3 is 2.52 bits per heavy atom. The third-order valence-electron chi connectivity index (χ3n) is 3.93. The van der Waals surface area contributed by atoms with Gasteiger partial charge in [-0.3, -0.25) is 4.79 Å². The summed E-state index contributed by atoms with van der Waals surface area (Å²) >= 11 is 0. The van der Waals surface area contributed by atoms with Crippen molar-refractivity contribution < 1.29 is 27.9 Å². The number of likely N-dealkylation sites (N-methyl/N-ethyl adjacent to an activating group) is 1. The lowest BCUT2D eigenvalue weighted by Gasteiger charge is -2.18. The van der Waals surface area contributed by atoms with Gasteiger partial charge >= 0.3 is 11.6 Å². The van der Waals surface area contributed by atoms with Crippen LogP contribution >= 0.6 is 0 Å².